The van der Waals surface area contributed by atoms with Crippen LogP contribution < -0.4 is 5.32 Å². The van der Waals surface area contributed by atoms with Gasteiger partial charge in [0.1, 0.15) is 12.6 Å². The van der Waals surface area contributed by atoms with Gasteiger partial charge in [-0.1, -0.05) is 71.4 Å². The standard InChI is InChI=1S/C40H67N3O10/c1-10-29(4)37(42(6)35(44)25-28(2)3)34(49-8)27-36(45)43-18-14-17-33(43)38(50-9)30(5)39(46)41-32(26-31-15-12-11-13-16-31)40(47)53-24-23-52-22-21-51-20-19-48-7/h11-13,15-16,28-30,32-34,37-38H,10,14,17-27H2,1-9H3,(H,41,46)/t29-,30+,32-,33-,34+,37-,38+/m0/s1. The van der Waals surface area contributed by atoms with Gasteiger partial charge in [0.2, 0.25) is 17.7 Å². The van der Waals surface area contributed by atoms with Gasteiger partial charge in [-0.25, -0.2) is 4.79 Å². The summed E-state index contributed by atoms with van der Waals surface area (Å²) in [6, 6.07) is 7.82. The largest absolute Gasteiger partial charge is 0.462 e. The smallest absolute Gasteiger partial charge is 0.329 e. The Bertz CT molecular complexity index is 1220. The first-order valence-corrected chi connectivity index (χ1v) is 19.2. The Morgan fingerprint density at radius 2 is 1.53 bits per heavy atom. The Morgan fingerprint density at radius 3 is 2.11 bits per heavy atom. The summed E-state index contributed by atoms with van der Waals surface area (Å²) in [4.78, 5) is 57.8. The third-order valence-corrected chi connectivity index (χ3v) is 10.0. The number of hydrogen-bond donors (Lipinski definition) is 1. The summed E-state index contributed by atoms with van der Waals surface area (Å²) in [7, 11) is 6.53. The number of nitrogens with one attached hydrogen (secondary N) is 1. The van der Waals surface area contributed by atoms with Gasteiger partial charge in [-0.05, 0) is 30.2 Å². The molecule has 3 amide bonds. The molecule has 302 valence electrons. The molecule has 1 N–H and O–H groups in total. The van der Waals surface area contributed by atoms with Crippen molar-refractivity contribution in [2.24, 2.45) is 17.8 Å². The average Bonchev–Trinajstić information content (AvgIpc) is 3.63. The van der Waals surface area contributed by atoms with Gasteiger partial charge in [-0.15, -0.1) is 0 Å². The van der Waals surface area contributed by atoms with Crippen LogP contribution in [-0.4, -0.2) is 138 Å². The van der Waals surface area contributed by atoms with Crippen molar-refractivity contribution in [3.05, 3.63) is 35.9 Å². The number of esters is 1. The van der Waals surface area contributed by atoms with Crippen LogP contribution in [0.3, 0.4) is 0 Å². The molecule has 0 saturated carbocycles. The SMILES string of the molecule is CC[C@H](C)[C@@H]([C@@H](CC(=O)N1CCC[C@H]1[C@H](OC)[C@@H](C)C(=O)N[C@@H](Cc1ccccc1)C(=O)OCCOCCOCCOC)OC)N(C)C(=O)CC(C)C. The summed E-state index contributed by atoms with van der Waals surface area (Å²) in [5, 5.41) is 2.91. The van der Waals surface area contributed by atoms with Crippen molar-refractivity contribution in [3.63, 3.8) is 0 Å². The fourth-order valence-corrected chi connectivity index (χ4v) is 6.93. The highest BCUT2D eigenvalue weighted by molar-refractivity contribution is 5.86. The first-order valence-electron chi connectivity index (χ1n) is 19.2. The Kier molecular flexibility index (Phi) is 21.8. The second kappa shape index (κ2) is 25.1. The fraction of sp³-hybridized carbons (Fsp3) is 0.750. The summed E-state index contributed by atoms with van der Waals surface area (Å²) < 4.78 is 33.2. The maximum atomic E-state index is 14.0. The molecule has 2 rings (SSSR count). The van der Waals surface area contributed by atoms with Gasteiger partial charge in [-0.2, -0.15) is 0 Å². The number of methoxy groups -OCH3 is 3. The Balaban J connectivity index is 2.13. The van der Waals surface area contributed by atoms with Crippen LogP contribution in [0.25, 0.3) is 0 Å². The van der Waals surface area contributed by atoms with Crippen LogP contribution in [0.15, 0.2) is 30.3 Å². The van der Waals surface area contributed by atoms with Crippen molar-refractivity contribution in [1.82, 2.24) is 15.1 Å². The van der Waals surface area contributed by atoms with Crippen LogP contribution in [0.5, 0.6) is 0 Å². The molecule has 1 heterocycles. The zero-order chi connectivity index (χ0) is 39.3. The molecule has 1 saturated heterocycles. The number of likely N-dealkylation sites (N-methyl/N-ethyl adjacent to an activating group) is 1. The Hall–Kier alpha value is -3.10. The number of likely N-dealkylation sites (tertiary alicyclic amines) is 1. The minimum Gasteiger partial charge on any atom is -0.462 e. The number of rotatable bonds is 26. The van der Waals surface area contributed by atoms with Crippen molar-refractivity contribution in [2.75, 3.05) is 74.6 Å². The molecule has 0 unspecified atom stereocenters. The van der Waals surface area contributed by atoms with E-state index in [1.54, 1.807) is 45.1 Å². The highest BCUT2D eigenvalue weighted by Gasteiger charge is 2.42. The molecule has 13 heteroatoms. The second-order valence-electron chi connectivity index (χ2n) is 14.4. The van der Waals surface area contributed by atoms with E-state index in [4.69, 9.17) is 28.4 Å². The first kappa shape index (κ1) is 46.1. The lowest BCUT2D eigenvalue weighted by molar-refractivity contribution is -0.151. The molecule has 1 fully saturated rings. The van der Waals surface area contributed by atoms with Crippen LogP contribution in [0.2, 0.25) is 0 Å². The zero-order valence-electron chi connectivity index (χ0n) is 33.7. The van der Waals surface area contributed by atoms with Crippen molar-refractivity contribution in [1.29, 1.82) is 0 Å². The number of ether oxygens (including phenoxy) is 6. The maximum absolute atomic E-state index is 14.0. The Morgan fingerprint density at radius 1 is 0.887 bits per heavy atom. The van der Waals surface area contributed by atoms with Crippen molar-refractivity contribution in [2.45, 2.75) is 103 Å². The summed E-state index contributed by atoms with van der Waals surface area (Å²) >= 11 is 0. The average molecular weight is 750 g/mol. The molecule has 0 bridgehead atoms. The van der Waals surface area contributed by atoms with Crippen LogP contribution >= 0.6 is 0 Å². The van der Waals surface area contributed by atoms with Gasteiger partial charge in [-0.3, -0.25) is 14.4 Å². The topological polar surface area (TPSA) is 142 Å². The molecular weight excluding hydrogens is 682 g/mol. The zero-order valence-corrected chi connectivity index (χ0v) is 33.7. The van der Waals surface area contributed by atoms with Crippen LogP contribution in [-0.2, 0) is 54.0 Å². The Labute approximate surface area is 317 Å². The van der Waals surface area contributed by atoms with E-state index in [1.165, 1.54) is 0 Å². The molecule has 13 nitrogen and oxygen atoms in total. The molecule has 53 heavy (non-hydrogen) atoms. The van der Waals surface area contributed by atoms with E-state index in [9.17, 15) is 19.2 Å². The van der Waals surface area contributed by atoms with Gasteiger partial charge in [0.05, 0.1) is 69.7 Å². The molecular formula is C40H67N3O10. The van der Waals surface area contributed by atoms with Crippen LogP contribution in [0.4, 0.5) is 0 Å². The van der Waals surface area contributed by atoms with Gasteiger partial charge >= 0.3 is 5.97 Å². The summed E-state index contributed by atoms with van der Waals surface area (Å²) in [5.41, 5.74) is 0.864. The maximum Gasteiger partial charge on any atom is 0.329 e. The van der Waals surface area contributed by atoms with E-state index in [1.807, 2.05) is 44.2 Å². The normalized spacial score (nSPS) is 17.8. The fourth-order valence-electron chi connectivity index (χ4n) is 6.93. The van der Waals surface area contributed by atoms with E-state index in [-0.39, 0.29) is 67.7 Å². The minimum absolute atomic E-state index is 0.0233. The number of nitrogens with zero attached hydrogens (tertiary/aromatic N) is 2. The van der Waals surface area contributed by atoms with Crippen LogP contribution in [0.1, 0.15) is 72.3 Å². The molecule has 0 aliphatic carbocycles. The van der Waals surface area contributed by atoms with Gasteiger partial charge in [0, 0.05) is 47.8 Å². The predicted octanol–water partition coefficient (Wildman–Crippen LogP) is 3.90. The molecule has 1 aromatic carbocycles. The summed E-state index contributed by atoms with van der Waals surface area (Å²) in [6.07, 6.45) is 1.85. The molecule has 7 atom stereocenters. The molecule has 0 aromatic heterocycles. The molecule has 0 radical (unpaired) electrons. The van der Waals surface area contributed by atoms with E-state index in [0.717, 1.165) is 18.4 Å². The molecule has 0 spiro atoms. The third kappa shape index (κ3) is 15.3. The number of carbonyl (C=O) groups is 4. The highest BCUT2D eigenvalue weighted by Crippen LogP contribution is 2.29. The summed E-state index contributed by atoms with van der Waals surface area (Å²) in [6.45, 7) is 12.4. The summed E-state index contributed by atoms with van der Waals surface area (Å²) in [5.74, 6) is -1.41. The minimum atomic E-state index is -0.945. The molecule has 1 aliphatic rings. The lowest BCUT2D eigenvalue weighted by Gasteiger charge is -2.39. The van der Waals surface area contributed by atoms with Gasteiger partial charge in [0.15, 0.2) is 0 Å². The number of hydrogen-bond acceptors (Lipinski definition) is 10. The number of benzene rings is 1. The first-order chi connectivity index (χ1) is 25.4. The molecule has 1 aromatic rings. The van der Waals surface area contributed by atoms with Crippen molar-refractivity contribution < 1.29 is 47.6 Å². The van der Waals surface area contributed by atoms with E-state index in [2.05, 4.69) is 19.2 Å². The monoisotopic (exact) mass is 749 g/mol. The second-order valence-corrected chi connectivity index (χ2v) is 14.4. The van der Waals surface area contributed by atoms with E-state index < -0.39 is 30.1 Å². The molecule has 1 aliphatic heterocycles. The van der Waals surface area contributed by atoms with Crippen molar-refractivity contribution in [3.8, 4) is 0 Å². The van der Waals surface area contributed by atoms with Gasteiger partial charge < -0.3 is 43.5 Å². The van der Waals surface area contributed by atoms with Gasteiger partial charge in [0.25, 0.3) is 0 Å². The highest BCUT2D eigenvalue weighted by atomic mass is 16.6. The third-order valence-electron chi connectivity index (χ3n) is 10.0. The van der Waals surface area contributed by atoms with E-state index >= 15 is 0 Å². The number of carbonyl (C=O) groups excluding carboxylic acids is 4. The quantitative estimate of drug-likeness (QED) is 0.110. The lowest BCUT2D eigenvalue weighted by Crippen LogP contribution is -2.54. The lowest BCUT2D eigenvalue weighted by atomic mass is 9.90. The van der Waals surface area contributed by atoms with E-state index in [0.29, 0.717) is 45.8 Å². The number of amides is 3. The predicted molar refractivity (Wildman–Crippen MR) is 202 cm³/mol. The van der Waals surface area contributed by atoms with Crippen LogP contribution in [0, 0.1) is 17.8 Å². The van der Waals surface area contributed by atoms with Crippen molar-refractivity contribution >= 4 is 23.7 Å².